The number of sulfone groups is 1. The number of rotatable bonds is 2. The van der Waals surface area contributed by atoms with Crippen LogP contribution < -0.4 is 4.90 Å². The molecule has 0 radical (unpaired) electrons. The minimum Gasteiger partial charge on any atom is -0.354 e. The lowest BCUT2D eigenvalue weighted by molar-refractivity contribution is -0.385. The molecule has 104 valence electrons. The Morgan fingerprint density at radius 2 is 2.21 bits per heavy atom. The molecule has 1 atom stereocenters. The zero-order chi connectivity index (χ0) is 14.2. The Kier molecular flexibility index (Phi) is 3.44. The lowest BCUT2D eigenvalue weighted by Crippen LogP contribution is -2.45. The second kappa shape index (κ2) is 4.76. The molecule has 0 N–H and O–H groups in total. The molecule has 7 nitrogen and oxygen atoms in total. The summed E-state index contributed by atoms with van der Waals surface area (Å²) in [7, 11) is -3.01. The van der Waals surface area contributed by atoms with Crippen molar-refractivity contribution in [2.75, 3.05) is 23.7 Å². The van der Waals surface area contributed by atoms with Crippen LogP contribution in [0.4, 0.5) is 11.5 Å². The van der Waals surface area contributed by atoms with Crippen LogP contribution in [0.15, 0.2) is 12.3 Å². The van der Waals surface area contributed by atoms with Crippen molar-refractivity contribution in [1.29, 1.82) is 0 Å². The molecule has 0 amide bonds. The molecule has 0 spiro atoms. The molecule has 1 aromatic heterocycles. The Bertz CT molecular complexity index is 614. The second-order valence-corrected chi connectivity index (χ2v) is 7.25. The van der Waals surface area contributed by atoms with E-state index < -0.39 is 20.0 Å². The van der Waals surface area contributed by atoms with Gasteiger partial charge in [-0.15, -0.1) is 0 Å². The Morgan fingerprint density at radius 1 is 1.53 bits per heavy atom. The molecule has 1 aromatic rings. The summed E-state index contributed by atoms with van der Waals surface area (Å²) in [5.74, 6) is 0.677. The van der Waals surface area contributed by atoms with Gasteiger partial charge < -0.3 is 4.90 Å². The van der Waals surface area contributed by atoms with E-state index >= 15 is 0 Å². The van der Waals surface area contributed by atoms with Crippen molar-refractivity contribution in [2.24, 2.45) is 0 Å². The van der Waals surface area contributed by atoms with Crippen LogP contribution in [0.25, 0.3) is 0 Å². The predicted molar refractivity (Wildman–Crippen MR) is 71.1 cm³/mol. The number of hydrogen-bond donors (Lipinski definition) is 0. The summed E-state index contributed by atoms with van der Waals surface area (Å²) in [6, 6.07) is 1.63. The van der Waals surface area contributed by atoms with Crippen LogP contribution in [-0.4, -0.2) is 42.4 Å². The molecule has 0 saturated carbocycles. The van der Waals surface area contributed by atoms with Gasteiger partial charge >= 0.3 is 0 Å². The van der Waals surface area contributed by atoms with Crippen LogP contribution >= 0.6 is 0 Å². The lowest BCUT2D eigenvalue weighted by Gasteiger charge is -2.31. The SMILES string of the molecule is Cc1cc(N2CCS(=O)(=O)C(C)C2)ncc1[N+](=O)[O-]. The summed E-state index contributed by atoms with van der Waals surface area (Å²) in [4.78, 5) is 16.1. The largest absolute Gasteiger partial charge is 0.354 e. The van der Waals surface area contributed by atoms with Gasteiger partial charge in [-0.1, -0.05) is 0 Å². The van der Waals surface area contributed by atoms with E-state index in [4.69, 9.17) is 0 Å². The number of pyridine rings is 1. The first-order valence-electron chi connectivity index (χ1n) is 5.89. The zero-order valence-corrected chi connectivity index (χ0v) is 11.6. The van der Waals surface area contributed by atoms with Crippen LogP contribution in [0.1, 0.15) is 12.5 Å². The fourth-order valence-corrected chi connectivity index (χ4v) is 3.34. The van der Waals surface area contributed by atoms with E-state index in [1.807, 2.05) is 4.90 Å². The maximum atomic E-state index is 11.6. The van der Waals surface area contributed by atoms with Crippen LogP contribution in [0.3, 0.4) is 0 Å². The number of hydrogen-bond acceptors (Lipinski definition) is 6. The van der Waals surface area contributed by atoms with Crippen molar-refractivity contribution < 1.29 is 13.3 Å². The molecule has 0 aromatic carbocycles. The molecule has 1 saturated heterocycles. The summed E-state index contributed by atoms with van der Waals surface area (Å²) in [5, 5.41) is 10.3. The number of nitrogens with zero attached hydrogens (tertiary/aromatic N) is 3. The fourth-order valence-electron chi connectivity index (χ4n) is 2.06. The molecule has 1 aliphatic rings. The molecule has 0 aliphatic carbocycles. The maximum absolute atomic E-state index is 11.6. The van der Waals surface area contributed by atoms with Crippen LogP contribution in [0, 0.1) is 17.0 Å². The van der Waals surface area contributed by atoms with E-state index in [1.165, 1.54) is 6.20 Å². The van der Waals surface area contributed by atoms with Gasteiger partial charge in [-0.3, -0.25) is 10.1 Å². The van der Waals surface area contributed by atoms with E-state index in [9.17, 15) is 18.5 Å². The van der Waals surface area contributed by atoms with Crippen LogP contribution in [0.5, 0.6) is 0 Å². The van der Waals surface area contributed by atoms with Gasteiger partial charge in [-0.2, -0.15) is 0 Å². The number of nitro groups is 1. The third-order valence-electron chi connectivity index (χ3n) is 3.33. The first kappa shape index (κ1) is 13.7. The van der Waals surface area contributed by atoms with Gasteiger partial charge in [0.2, 0.25) is 0 Å². The van der Waals surface area contributed by atoms with Gasteiger partial charge in [0.25, 0.3) is 5.69 Å². The summed E-state index contributed by atoms with van der Waals surface area (Å²) < 4.78 is 23.3. The molecular formula is C11H15N3O4S. The van der Waals surface area contributed by atoms with E-state index in [2.05, 4.69) is 4.98 Å². The normalized spacial score (nSPS) is 22.2. The molecule has 1 unspecified atom stereocenters. The first-order valence-corrected chi connectivity index (χ1v) is 7.60. The predicted octanol–water partition coefficient (Wildman–Crippen LogP) is 0.922. The van der Waals surface area contributed by atoms with Gasteiger partial charge in [-0.25, -0.2) is 13.4 Å². The van der Waals surface area contributed by atoms with Gasteiger partial charge in [0, 0.05) is 18.7 Å². The van der Waals surface area contributed by atoms with Gasteiger partial charge in [0.15, 0.2) is 9.84 Å². The number of anilines is 1. The maximum Gasteiger partial charge on any atom is 0.290 e. The molecule has 19 heavy (non-hydrogen) atoms. The topological polar surface area (TPSA) is 93.4 Å². The summed E-state index contributed by atoms with van der Waals surface area (Å²) >= 11 is 0. The highest BCUT2D eigenvalue weighted by Crippen LogP contribution is 2.23. The molecule has 1 aliphatic heterocycles. The van der Waals surface area contributed by atoms with E-state index in [-0.39, 0.29) is 11.4 Å². The highest BCUT2D eigenvalue weighted by molar-refractivity contribution is 7.92. The highest BCUT2D eigenvalue weighted by atomic mass is 32.2. The second-order valence-electron chi connectivity index (χ2n) is 4.71. The highest BCUT2D eigenvalue weighted by Gasteiger charge is 2.30. The molecule has 8 heteroatoms. The number of aryl methyl sites for hydroxylation is 1. The van der Waals surface area contributed by atoms with Gasteiger partial charge in [-0.05, 0) is 19.9 Å². The zero-order valence-electron chi connectivity index (χ0n) is 10.7. The lowest BCUT2D eigenvalue weighted by atomic mass is 10.2. The molecule has 2 heterocycles. The van der Waals surface area contributed by atoms with Crippen LogP contribution in [0.2, 0.25) is 0 Å². The van der Waals surface area contributed by atoms with Crippen molar-refractivity contribution >= 4 is 21.3 Å². The smallest absolute Gasteiger partial charge is 0.290 e. The number of aromatic nitrogens is 1. The quantitative estimate of drug-likeness (QED) is 0.592. The van der Waals surface area contributed by atoms with Gasteiger partial charge in [0.1, 0.15) is 12.0 Å². The van der Waals surface area contributed by atoms with E-state index in [1.54, 1.807) is 19.9 Å². The fraction of sp³-hybridized carbons (Fsp3) is 0.545. The van der Waals surface area contributed by atoms with E-state index in [0.717, 1.165) is 0 Å². The van der Waals surface area contributed by atoms with Crippen molar-refractivity contribution in [2.45, 2.75) is 19.1 Å². The monoisotopic (exact) mass is 285 g/mol. The Labute approximate surface area is 111 Å². The summed E-state index contributed by atoms with van der Waals surface area (Å²) in [6.07, 6.45) is 1.22. The average molecular weight is 285 g/mol. The van der Waals surface area contributed by atoms with Crippen molar-refractivity contribution in [1.82, 2.24) is 4.98 Å². The van der Waals surface area contributed by atoms with Crippen molar-refractivity contribution in [3.63, 3.8) is 0 Å². The molecule has 1 fully saturated rings. The minimum atomic E-state index is -3.01. The van der Waals surface area contributed by atoms with Crippen molar-refractivity contribution in [3.8, 4) is 0 Å². The Hall–Kier alpha value is -1.70. The third-order valence-corrected chi connectivity index (χ3v) is 5.45. The molecular weight excluding hydrogens is 270 g/mol. The van der Waals surface area contributed by atoms with Crippen molar-refractivity contribution in [3.05, 3.63) is 27.9 Å². The van der Waals surface area contributed by atoms with Crippen LogP contribution in [-0.2, 0) is 9.84 Å². The molecule has 0 bridgehead atoms. The summed E-state index contributed by atoms with van der Waals surface area (Å²) in [5.41, 5.74) is 0.498. The Balaban J connectivity index is 2.25. The Morgan fingerprint density at radius 3 is 2.74 bits per heavy atom. The third kappa shape index (κ3) is 2.67. The summed E-state index contributed by atoms with van der Waals surface area (Å²) in [6.45, 7) is 4.05. The molecule has 2 rings (SSSR count). The average Bonchev–Trinajstić information content (AvgIpc) is 2.32. The standard InChI is InChI=1S/C11H15N3O4S/c1-8-5-11(12-6-10(8)14(15)16)13-3-4-19(17,18)9(2)7-13/h5-6,9H,3-4,7H2,1-2H3. The van der Waals surface area contributed by atoms with Gasteiger partial charge in [0.05, 0.1) is 15.9 Å². The first-order chi connectivity index (χ1) is 8.81. The minimum absolute atomic E-state index is 0.0265. The van der Waals surface area contributed by atoms with E-state index in [0.29, 0.717) is 24.5 Å².